The minimum absolute atomic E-state index is 0. The van der Waals surface area contributed by atoms with Gasteiger partial charge < -0.3 is 9.73 Å². The van der Waals surface area contributed by atoms with E-state index in [4.69, 9.17) is 4.42 Å². The lowest BCUT2D eigenvalue weighted by Crippen LogP contribution is -2.16. The van der Waals surface area contributed by atoms with Crippen molar-refractivity contribution in [2.45, 2.75) is 26.8 Å². The van der Waals surface area contributed by atoms with Crippen molar-refractivity contribution in [1.29, 1.82) is 0 Å². The van der Waals surface area contributed by atoms with Crippen LogP contribution in [-0.2, 0) is 13.0 Å². The third kappa shape index (κ3) is 4.15. The summed E-state index contributed by atoms with van der Waals surface area (Å²) < 4.78 is 5.24. The molecule has 17 heavy (non-hydrogen) atoms. The van der Waals surface area contributed by atoms with E-state index in [-0.39, 0.29) is 12.4 Å². The van der Waals surface area contributed by atoms with E-state index < -0.39 is 0 Å². The molecule has 5 heteroatoms. The van der Waals surface area contributed by atoms with Crippen LogP contribution < -0.4 is 5.32 Å². The van der Waals surface area contributed by atoms with Gasteiger partial charge >= 0.3 is 0 Å². The molecule has 0 aliphatic carbocycles. The standard InChI is InChI=1S/C12H16N2OS.ClH/c1-9-12(16-10(2)14-9)5-6-13-8-11-4-3-7-15-11;/h3-4,7,13H,5-6,8H2,1-2H3;1H. The summed E-state index contributed by atoms with van der Waals surface area (Å²) in [6, 6.07) is 3.89. The molecule has 2 aromatic rings. The molecule has 3 nitrogen and oxygen atoms in total. The van der Waals surface area contributed by atoms with Crippen molar-refractivity contribution in [3.8, 4) is 0 Å². The van der Waals surface area contributed by atoms with Crippen LogP contribution in [-0.4, -0.2) is 11.5 Å². The van der Waals surface area contributed by atoms with Crippen molar-refractivity contribution >= 4 is 23.7 Å². The van der Waals surface area contributed by atoms with Crippen molar-refractivity contribution in [2.24, 2.45) is 0 Å². The number of halogens is 1. The minimum Gasteiger partial charge on any atom is -0.468 e. The molecule has 0 aliphatic rings. The molecule has 1 N–H and O–H groups in total. The third-order valence-electron chi connectivity index (χ3n) is 2.41. The van der Waals surface area contributed by atoms with Gasteiger partial charge in [-0.25, -0.2) is 4.98 Å². The highest BCUT2D eigenvalue weighted by Gasteiger charge is 2.04. The number of aryl methyl sites for hydroxylation is 2. The number of aromatic nitrogens is 1. The monoisotopic (exact) mass is 272 g/mol. The number of thiazole rings is 1. The van der Waals surface area contributed by atoms with Gasteiger partial charge in [0.2, 0.25) is 0 Å². The molecule has 0 amide bonds. The lowest BCUT2D eigenvalue weighted by Gasteiger charge is -2.01. The Bertz CT molecular complexity index is 439. The van der Waals surface area contributed by atoms with Crippen LogP contribution in [0, 0.1) is 13.8 Å². The predicted molar refractivity (Wildman–Crippen MR) is 73.0 cm³/mol. The summed E-state index contributed by atoms with van der Waals surface area (Å²) in [4.78, 5) is 5.79. The molecule has 2 rings (SSSR count). The predicted octanol–water partition coefficient (Wildman–Crippen LogP) is 3.11. The Labute approximate surface area is 112 Å². The first-order chi connectivity index (χ1) is 7.75. The van der Waals surface area contributed by atoms with E-state index in [1.807, 2.05) is 12.1 Å². The van der Waals surface area contributed by atoms with Gasteiger partial charge in [0.15, 0.2) is 0 Å². The Morgan fingerprint density at radius 1 is 1.41 bits per heavy atom. The van der Waals surface area contributed by atoms with Crippen LogP contribution in [0.3, 0.4) is 0 Å². The SMILES string of the molecule is Cc1nc(C)c(CCNCc2ccco2)s1.Cl. The van der Waals surface area contributed by atoms with Crippen LogP contribution in [0.15, 0.2) is 22.8 Å². The zero-order valence-corrected chi connectivity index (χ0v) is 11.7. The average molecular weight is 273 g/mol. The maximum atomic E-state index is 5.24. The summed E-state index contributed by atoms with van der Waals surface area (Å²) in [5, 5.41) is 4.51. The average Bonchev–Trinajstić information content (AvgIpc) is 2.84. The molecule has 0 atom stereocenters. The number of rotatable bonds is 5. The summed E-state index contributed by atoms with van der Waals surface area (Å²) in [5.41, 5.74) is 1.17. The van der Waals surface area contributed by atoms with E-state index in [1.165, 1.54) is 10.6 Å². The Balaban J connectivity index is 0.00000144. The van der Waals surface area contributed by atoms with Gasteiger partial charge in [-0.2, -0.15) is 0 Å². The van der Waals surface area contributed by atoms with Crippen molar-refractivity contribution in [1.82, 2.24) is 10.3 Å². The van der Waals surface area contributed by atoms with Crippen molar-refractivity contribution < 1.29 is 4.42 Å². The van der Waals surface area contributed by atoms with E-state index in [0.717, 1.165) is 30.3 Å². The fourth-order valence-electron chi connectivity index (χ4n) is 1.63. The molecule has 0 radical (unpaired) electrons. The lowest BCUT2D eigenvalue weighted by atomic mass is 10.3. The summed E-state index contributed by atoms with van der Waals surface area (Å²) in [6.07, 6.45) is 2.74. The summed E-state index contributed by atoms with van der Waals surface area (Å²) in [7, 11) is 0. The Morgan fingerprint density at radius 3 is 2.82 bits per heavy atom. The first-order valence-corrected chi connectivity index (χ1v) is 6.23. The Morgan fingerprint density at radius 2 is 2.24 bits per heavy atom. The molecule has 2 heterocycles. The molecule has 0 saturated carbocycles. The number of nitrogens with zero attached hydrogens (tertiary/aromatic N) is 1. The van der Waals surface area contributed by atoms with E-state index in [2.05, 4.69) is 24.1 Å². The van der Waals surface area contributed by atoms with Crippen molar-refractivity contribution in [3.05, 3.63) is 39.7 Å². The van der Waals surface area contributed by atoms with Crippen LogP contribution in [0.1, 0.15) is 21.3 Å². The van der Waals surface area contributed by atoms with Gasteiger partial charge in [0.25, 0.3) is 0 Å². The lowest BCUT2D eigenvalue weighted by molar-refractivity contribution is 0.484. The molecule has 0 fully saturated rings. The molecule has 0 aliphatic heterocycles. The molecular weight excluding hydrogens is 256 g/mol. The van der Waals surface area contributed by atoms with Crippen LogP contribution in [0.5, 0.6) is 0 Å². The van der Waals surface area contributed by atoms with E-state index >= 15 is 0 Å². The van der Waals surface area contributed by atoms with Crippen LogP contribution in [0.2, 0.25) is 0 Å². The first kappa shape index (κ1) is 14.2. The molecule has 0 aromatic carbocycles. The number of hydrogen-bond acceptors (Lipinski definition) is 4. The van der Waals surface area contributed by atoms with Gasteiger partial charge in [-0.1, -0.05) is 0 Å². The van der Waals surface area contributed by atoms with Crippen LogP contribution in [0.4, 0.5) is 0 Å². The zero-order valence-electron chi connectivity index (χ0n) is 10.0. The van der Waals surface area contributed by atoms with Gasteiger partial charge in [0.05, 0.1) is 23.5 Å². The van der Waals surface area contributed by atoms with E-state index in [9.17, 15) is 0 Å². The second-order valence-corrected chi connectivity index (χ2v) is 5.04. The van der Waals surface area contributed by atoms with Gasteiger partial charge in [-0.05, 0) is 32.4 Å². The smallest absolute Gasteiger partial charge is 0.117 e. The summed E-state index contributed by atoms with van der Waals surface area (Å²) >= 11 is 1.79. The highest BCUT2D eigenvalue weighted by atomic mass is 35.5. The molecule has 0 saturated heterocycles. The van der Waals surface area contributed by atoms with E-state index in [0.29, 0.717) is 0 Å². The van der Waals surface area contributed by atoms with Crippen molar-refractivity contribution in [3.63, 3.8) is 0 Å². The first-order valence-electron chi connectivity index (χ1n) is 5.41. The molecular formula is C12H17ClN2OS. The normalized spacial score (nSPS) is 10.2. The van der Waals surface area contributed by atoms with Crippen LogP contribution in [0.25, 0.3) is 0 Å². The topological polar surface area (TPSA) is 38.1 Å². The quantitative estimate of drug-likeness (QED) is 0.850. The maximum Gasteiger partial charge on any atom is 0.117 e. The fraction of sp³-hybridized carbons (Fsp3) is 0.417. The fourth-order valence-corrected chi connectivity index (χ4v) is 2.57. The number of hydrogen-bond donors (Lipinski definition) is 1. The number of furan rings is 1. The second kappa shape index (κ2) is 6.79. The number of nitrogens with one attached hydrogen (secondary N) is 1. The zero-order chi connectivity index (χ0) is 11.4. The molecule has 0 spiro atoms. The Hall–Kier alpha value is -0.840. The highest BCUT2D eigenvalue weighted by Crippen LogP contribution is 2.17. The highest BCUT2D eigenvalue weighted by molar-refractivity contribution is 7.11. The van der Waals surface area contributed by atoms with Gasteiger partial charge in [-0.3, -0.25) is 0 Å². The summed E-state index contributed by atoms with van der Waals surface area (Å²) in [6.45, 7) is 5.88. The minimum atomic E-state index is 0. The molecule has 0 bridgehead atoms. The molecule has 94 valence electrons. The molecule has 0 unspecified atom stereocenters. The third-order valence-corrected chi connectivity index (χ3v) is 3.54. The van der Waals surface area contributed by atoms with Gasteiger partial charge in [0, 0.05) is 11.4 Å². The van der Waals surface area contributed by atoms with Crippen LogP contribution >= 0.6 is 23.7 Å². The van der Waals surface area contributed by atoms with Gasteiger partial charge in [0.1, 0.15) is 5.76 Å². The van der Waals surface area contributed by atoms with Gasteiger partial charge in [-0.15, -0.1) is 23.7 Å². The second-order valence-electron chi connectivity index (χ2n) is 3.75. The van der Waals surface area contributed by atoms with E-state index in [1.54, 1.807) is 17.6 Å². The largest absolute Gasteiger partial charge is 0.468 e. The van der Waals surface area contributed by atoms with Crippen molar-refractivity contribution in [2.75, 3.05) is 6.54 Å². The molecule has 2 aromatic heterocycles. The maximum absolute atomic E-state index is 5.24. The Kier molecular flexibility index (Phi) is 5.68. The summed E-state index contributed by atoms with van der Waals surface area (Å²) in [5.74, 6) is 0.984.